The van der Waals surface area contributed by atoms with E-state index >= 15 is 0 Å². The number of hydrogen-bond acceptors (Lipinski definition) is 2. The fourth-order valence-corrected chi connectivity index (χ4v) is 3.46. The van der Waals surface area contributed by atoms with E-state index in [1.165, 1.54) is 0 Å². The minimum Gasteiger partial charge on any atom is -0.383 e. The van der Waals surface area contributed by atoms with Crippen molar-refractivity contribution in [3.63, 3.8) is 0 Å². The number of halogens is 2. The Hall–Kier alpha value is -2.27. The summed E-state index contributed by atoms with van der Waals surface area (Å²) in [6.07, 6.45) is 2.00. The van der Waals surface area contributed by atoms with Crippen LogP contribution in [0.25, 0.3) is 0 Å². The predicted molar refractivity (Wildman–Crippen MR) is 113 cm³/mol. The summed E-state index contributed by atoms with van der Waals surface area (Å²) < 4.78 is 7.31. The van der Waals surface area contributed by atoms with Crippen LogP contribution in [-0.4, -0.2) is 35.6 Å². The number of aromatic nitrogens is 1. The average molecular weight is 417 g/mol. The molecule has 1 aromatic heterocycles. The van der Waals surface area contributed by atoms with E-state index < -0.39 is 0 Å². The Balaban J connectivity index is 1.81. The lowest BCUT2D eigenvalue weighted by molar-refractivity contribution is 0.0676. The molecule has 1 heterocycles. The second-order valence-corrected chi connectivity index (χ2v) is 7.30. The first-order valence-corrected chi connectivity index (χ1v) is 9.75. The molecular formula is C22H22Cl2N2O2. The number of methoxy groups -OCH3 is 1. The van der Waals surface area contributed by atoms with Crippen molar-refractivity contribution in [3.8, 4) is 0 Å². The van der Waals surface area contributed by atoms with Crippen molar-refractivity contribution in [1.29, 1.82) is 0 Å². The molecule has 0 N–H and O–H groups in total. The van der Waals surface area contributed by atoms with Gasteiger partial charge in [-0.05, 0) is 42.0 Å². The fourth-order valence-electron chi connectivity index (χ4n) is 3.03. The Bertz CT molecular complexity index is 940. The highest BCUT2D eigenvalue weighted by Crippen LogP contribution is 2.19. The van der Waals surface area contributed by atoms with Gasteiger partial charge in [0.15, 0.2) is 0 Å². The molecule has 0 aliphatic carbocycles. The Labute approximate surface area is 175 Å². The van der Waals surface area contributed by atoms with Gasteiger partial charge in [0.1, 0.15) is 0 Å². The number of rotatable bonds is 8. The molecule has 0 aliphatic heterocycles. The van der Waals surface area contributed by atoms with Gasteiger partial charge in [-0.2, -0.15) is 0 Å². The zero-order chi connectivity index (χ0) is 19.9. The first-order chi connectivity index (χ1) is 13.6. The van der Waals surface area contributed by atoms with Crippen molar-refractivity contribution in [2.45, 2.75) is 13.1 Å². The third-order valence-electron chi connectivity index (χ3n) is 4.48. The molecule has 6 heteroatoms. The zero-order valence-corrected chi connectivity index (χ0v) is 17.2. The standard InChI is InChI=1S/C22H22Cl2N2O2/c1-28-13-12-26(22(27)20-9-2-3-10-21(20)24)16-19-8-5-11-25(19)15-17-6-4-7-18(23)14-17/h2-11,14H,12-13,15-16H2,1H3. The third-order valence-corrected chi connectivity index (χ3v) is 5.04. The fraction of sp³-hybridized carbons (Fsp3) is 0.227. The molecule has 4 nitrogen and oxygen atoms in total. The maximum atomic E-state index is 13.1. The van der Waals surface area contributed by atoms with Crippen LogP contribution < -0.4 is 0 Å². The lowest BCUT2D eigenvalue weighted by atomic mass is 10.2. The van der Waals surface area contributed by atoms with Gasteiger partial charge in [0, 0.05) is 37.1 Å². The summed E-state index contributed by atoms with van der Waals surface area (Å²) in [5, 5.41) is 1.16. The van der Waals surface area contributed by atoms with E-state index in [0.29, 0.717) is 41.8 Å². The van der Waals surface area contributed by atoms with E-state index in [4.69, 9.17) is 27.9 Å². The summed E-state index contributed by atoms with van der Waals surface area (Å²) in [4.78, 5) is 14.8. The molecule has 0 bridgehead atoms. The van der Waals surface area contributed by atoms with Gasteiger partial charge in [0.2, 0.25) is 0 Å². The normalized spacial score (nSPS) is 10.8. The van der Waals surface area contributed by atoms with Crippen molar-refractivity contribution in [1.82, 2.24) is 9.47 Å². The molecule has 0 unspecified atom stereocenters. The van der Waals surface area contributed by atoms with Crippen molar-refractivity contribution in [3.05, 3.63) is 93.7 Å². The molecule has 0 atom stereocenters. The first kappa shape index (κ1) is 20.5. The maximum absolute atomic E-state index is 13.1. The number of carbonyl (C=O) groups is 1. The van der Waals surface area contributed by atoms with Gasteiger partial charge in [-0.3, -0.25) is 4.79 Å². The number of carbonyl (C=O) groups excluding carboxylic acids is 1. The van der Waals surface area contributed by atoms with E-state index in [-0.39, 0.29) is 5.91 Å². The molecule has 0 radical (unpaired) electrons. The number of benzene rings is 2. The third kappa shape index (κ3) is 5.16. The van der Waals surface area contributed by atoms with Crippen LogP contribution in [0.4, 0.5) is 0 Å². The predicted octanol–water partition coefficient (Wildman–Crippen LogP) is 5.13. The van der Waals surface area contributed by atoms with Crippen LogP contribution in [0.2, 0.25) is 10.0 Å². The molecular weight excluding hydrogens is 395 g/mol. The van der Waals surface area contributed by atoms with Crippen molar-refractivity contribution in [2.75, 3.05) is 20.3 Å². The van der Waals surface area contributed by atoms with Crippen molar-refractivity contribution >= 4 is 29.1 Å². The Morgan fingerprint density at radius 2 is 1.89 bits per heavy atom. The molecule has 0 saturated heterocycles. The number of hydrogen-bond donors (Lipinski definition) is 0. The van der Waals surface area contributed by atoms with Crippen molar-refractivity contribution < 1.29 is 9.53 Å². The monoisotopic (exact) mass is 416 g/mol. The molecule has 0 saturated carbocycles. The van der Waals surface area contributed by atoms with E-state index in [2.05, 4.69) is 4.57 Å². The minimum atomic E-state index is -0.113. The molecule has 146 valence electrons. The molecule has 2 aromatic carbocycles. The summed E-state index contributed by atoms with van der Waals surface area (Å²) in [5.74, 6) is -0.113. The van der Waals surface area contributed by atoms with Crippen LogP contribution in [-0.2, 0) is 17.8 Å². The van der Waals surface area contributed by atoms with Crippen LogP contribution in [0.3, 0.4) is 0 Å². The van der Waals surface area contributed by atoms with Crippen molar-refractivity contribution in [2.24, 2.45) is 0 Å². The molecule has 28 heavy (non-hydrogen) atoms. The van der Waals surface area contributed by atoms with E-state index in [0.717, 1.165) is 11.3 Å². The topological polar surface area (TPSA) is 34.5 Å². The van der Waals surface area contributed by atoms with Gasteiger partial charge >= 0.3 is 0 Å². The van der Waals surface area contributed by atoms with Gasteiger partial charge in [-0.25, -0.2) is 0 Å². The van der Waals surface area contributed by atoms with Gasteiger partial charge in [0.05, 0.1) is 23.7 Å². The van der Waals surface area contributed by atoms with Crippen LogP contribution in [0.1, 0.15) is 21.6 Å². The smallest absolute Gasteiger partial charge is 0.255 e. The summed E-state index contributed by atoms with van der Waals surface area (Å²) in [6.45, 7) is 2.07. The van der Waals surface area contributed by atoms with E-state index in [9.17, 15) is 4.79 Å². The highest BCUT2D eigenvalue weighted by atomic mass is 35.5. The SMILES string of the molecule is COCCN(Cc1cccn1Cc1cccc(Cl)c1)C(=O)c1ccccc1Cl. The quantitative estimate of drug-likeness (QED) is 0.509. The molecule has 3 rings (SSSR count). The second kappa shape index (κ2) is 9.78. The minimum absolute atomic E-state index is 0.113. The number of ether oxygens (including phenoxy) is 1. The van der Waals surface area contributed by atoms with Crippen LogP contribution >= 0.6 is 23.2 Å². The van der Waals surface area contributed by atoms with Crippen LogP contribution in [0.5, 0.6) is 0 Å². The van der Waals surface area contributed by atoms with E-state index in [1.807, 2.05) is 54.7 Å². The molecule has 0 aliphatic rings. The van der Waals surface area contributed by atoms with Gasteiger partial charge in [0.25, 0.3) is 5.91 Å². The van der Waals surface area contributed by atoms with Gasteiger partial charge < -0.3 is 14.2 Å². The summed E-state index contributed by atoms with van der Waals surface area (Å²) in [5.41, 5.74) is 2.62. The van der Waals surface area contributed by atoms with Crippen LogP contribution in [0, 0.1) is 0 Å². The highest BCUT2D eigenvalue weighted by Gasteiger charge is 2.19. The number of amides is 1. The summed E-state index contributed by atoms with van der Waals surface area (Å²) in [6, 6.07) is 18.9. The molecule has 0 spiro atoms. The van der Waals surface area contributed by atoms with Crippen LogP contribution in [0.15, 0.2) is 66.9 Å². The molecule has 0 fully saturated rings. The largest absolute Gasteiger partial charge is 0.383 e. The average Bonchev–Trinajstić information content (AvgIpc) is 3.11. The Morgan fingerprint density at radius 1 is 1.07 bits per heavy atom. The highest BCUT2D eigenvalue weighted by molar-refractivity contribution is 6.33. The Kier molecular flexibility index (Phi) is 7.15. The number of nitrogens with zero attached hydrogens (tertiary/aromatic N) is 2. The lowest BCUT2D eigenvalue weighted by Crippen LogP contribution is -2.34. The first-order valence-electron chi connectivity index (χ1n) is 8.99. The van der Waals surface area contributed by atoms with Gasteiger partial charge in [-0.15, -0.1) is 0 Å². The maximum Gasteiger partial charge on any atom is 0.255 e. The molecule has 3 aromatic rings. The summed E-state index contributed by atoms with van der Waals surface area (Å²) in [7, 11) is 1.62. The van der Waals surface area contributed by atoms with Gasteiger partial charge in [-0.1, -0.05) is 47.5 Å². The molecule has 1 amide bonds. The second-order valence-electron chi connectivity index (χ2n) is 6.46. The van der Waals surface area contributed by atoms with E-state index in [1.54, 1.807) is 24.1 Å². The zero-order valence-electron chi connectivity index (χ0n) is 15.6. The Morgan fingerprint density at radius 3 is 2.64 bits per heavy atom. The lowest BCUT2D eigenvalue weighted by Gasteiger charge is -2.24. The summed E-state index contributed by atoms with van der Waals surface area (Å²) >= 11 is 12.3.